The number of ether oxygens (including phenoxy) is 1. The molecule has 0 saturated heterocycles. The molecule has 124 valence electrons. The average molecular weight is 322 g/mol. The SMILES string of the molecule is CC(C)C(=O)c1ccc2c(c1)Cc1cc(C(=O)C(C)C)ccc1O2. The highest BCUT2D eigenvalue weighted by Gasteiger charge is 2.21. The van der Waals surface area contributed by atoms with Gasteiger partial charge in [-0.1, -0.05) is 27.7 Å². The van der Waals surface area contributed by atoms with Crippen molar-refractivity contribution in [3.63, 3.8) is 0 Å². The van der Waals surface area contributed by atoms with Crippen LogP contribution in [0.3, 0.4) is 0 Å². The monoisotopic (exact) mass is 322 g/mol. The first kappa shape index (κ1) is 16.4. The number of fused-ring (bicyclic) bond motifs is 2. The fourth-order valence-electron chi connectivity index (χ4n) is 2.93. The molecule has 0 amide bonds. The van der Waals surface area contributed by atoms with E-state index < -0.39 is 0 Å². The summed E-state index contributed by atoms with van der Waals surface area (Å²) in [6.45, 7) is 7.60. The fourth-order valence-corrected chi connectivity index (χ4v) is 2.93. The van der Waals surface area contributed by atoms with Crippen LogP contribution in [0.15, 0.2) is 36.4 Å². The van der Waals surface area contributed by atoms with Gasteiger partial charge in [0, 0.05) is 40.5 Å². The highest BCUT2D eigenvalue weighted by atomic mass is 16.5. The van der Waals surface area contributed by atoms with Gasteiger partial charge in [-0.25, -0.2) is 0 Å². The third-order valence-corrected chi connectivity index (χ3v) is 4.34. The van der Waals surface area contributed by atoms with Crippen molar-refractivity contribution in [1.82, 2.24) is 0 Å². The molecule has 3 heteroatoms. The normalized spacial score (nSPS) is 12.6. The van der Waals surface area contributed by atoms with E-state index in [1.807, 2.05) is 64.1 Å². The van der Waals surface area contributed by atoms with Gasteiger partial charge < -0.3 is 4.74 Å². The Balaban J connectivity index is 1.94. The Morgan fingerprint density at radius 1 is 0.792 bits per heavy atom. The number of ketones is 2. The Labute approximate surface area is 142 Å². The minimum atomic E-state index is -0.0323. The van der Waals surface area contributed by atoms with E-state index in [2.05, 4.69) is 0 Å². The van der Waals surface area contributed by atoms with Gasteiger partial charge in [0.15, 0.2) is 11.6 Å². The molecule has 0 aromatic heterocycles. The van der Waals surface area contributed by atoms with Crippen LogP contribution in [0, 0.1) is 11.8 Å². The van der Waals surface area contributed by atoms with E-state index >= 15 is 0 Å². The van der Waals surface area contributed by atoms with Crippen LogP contribution in [-0.2, 0) is 6.42 Å². The van der Waals surface area contributed by atoms with Crippen LogP contribution in [0.1, 0.15) is 59.5 Å². The van der Waals surface area contributed by atoms with Crippen molar-refractivity contribution >= 4 is 11.6 Å². The van der Waals surface area contributed by atoms with E-state index in [0.717, 1.165) is 22.6 Å². The molecule has 3 nitrogen and oxygen atoms in total. The van der Waals surface area contributed by atoms with Gasteiger partial charge in [-0.05, 0) is 36.4 Å². The van der Waals surface area contributed by atoms with Crippen LogP contribution in [0.25, 0.3) is 0 Å². The maximum Gasteiger partial charge on any atom is 0.165 e. The lowest BCUT2D eigenvalue weighted by molar-refractivity contribution is 0.0932. The van der Waals surface area contributed by atoms with Gasteiger partial charge in [-0.3, -0.25) is 9.59 Å². The Morgan fingerprint density at radius 3 is 1.58 bits per heavy atom. The van der Waals surface area contributed by atoms with Crippen LogP contribution >= 0.6 is 0 Å². The molecule has 0 fully saturated rings. The minimum absolute atomic E-state index is 0.0323. The average Bonchev–Trinajstić information content (AvgIpc) is 2.57. The van der Waals surface area contributed by atoms with Gasteiger partial charge in [0.05, 0.1) is 0 Å². The van der Waals surface area contributed by atoms with Gasteiger partial charge in [-0.2, -0.15) is 0 Å². The van der Waals surface area contributed by atoms with Crippen LogP contribution in [-0.4, -0.2) is 11.6 Å². The molecule has 24 heavy (non-hydrogen) atoms. The Bertz CT molecular complexity index is 748. The van der Waals surface area contributed by atoms with Crippen molar-refractivity contribution in [3.05, 3.63) is 58.7 Å². The summed E-state index contributed by atoms with van der Waals surface area (Å²) in [5.74, 6) is 1.77. The molecule has 0 radical (unpaired) electrons. The molecular weight excluding hydrogens is 300 g/mol. The molecule has 0 unspecified atom stereocenters. The Morgan fingerprint density at radius 2 is 1.21 bits per heavy atom. The molecule has 2 aromatic rings. The van der Waals surface area contributed by atoms with Crippen LogP contribution in [0.5, 0.6) is 11.5 Å². The van der Waals surface area contributed by atoms with E-state index in [9.17, 15) is 9.59 Å². The molecule has 1 aliphatic rings. The second kappa shape index (κ2) is 6.23. The van der Waals surface area contributed by atoms with Crippen molar-refractivity contribution < 1.29 is 14.3 Å². The van der Waals surface area contributed by atoms with Gasteiger partial charge >= 0.3 is 0 Å². The number of rotatable bonds is 4. The number of Topliss-reactive ketones (excluding diaryl/α,β-unsaturated/α-hetero) is 2. The van der Waals surface area contributed by atoms with Crippen LogP contribution < -0.4 is 4.74 Å². The fraction of sp³-hybridized carbons (Fsp3) is 0.333. The van der Waals surface area contributed by atoms with Gasteiger partial charge in [0.2, 0.25) is 0 Å². The number of benzene rings is 2. The molecule has 0 saturated carbocycles. The molecule has 1 aliphatic heterocycles. The van der Waals surface area contributed by atoms with E-state index in [1.54, 1.807) is 0 Å². The first-order valence-corrected chi connectivity index (χ1v) is 8.39. The molecule has 2 aromatic carbocycles. The summed E-state index contributed by atoms with van der Waals surface area (Å²) in [6.07, 6.45) is 0.670. The van der Waals surface area contributed by atoms with Crippen molar-refractivity contribution in [2.75, 3.05) is 0 Å². The lowest BCUT2D eigenvalue weighted by Gasteiger charge is -2.21. The molecule has 0 atom stereocenters. The Hall–Kier alpha value is -2.42. The Kier molecular flexibility index (Phi) is 4.27. The highest BCUT2D eigenvalue weighted by molar-refractivity contribution is 5.98. The second-order valence-corrected chi connectivity index (χ2v) is 6.96. The van der Waals surface area contributed by atoms with E-state index in [0.29, 0.717) is 17.5 Å². The summed E-state index contributed by atoms with van der Waals surface area (Å²) in [5, 5.41) is 0. The summed E-state index contributed by atoms with van der Waals surface area (Å²) >= 11 is 0. The lowest BCUT2D eigenvalue weighted by Crippen LogP contribution is -2.11. The molecule has 1 heterocycles. The lowest BCUT2D eigenvalue weighted by atomic mass is 9.92. The number of hydrogen-bond donors (Lipinski definition) is 0. The third-order valence-electron chi connectivity index (χ3n) is 4.34. The zero-order valence-corrected chi connectivity index (χ0v) is 14.6. The highest BCUT2D eigenvalue weighted by Crippen LogP contribution is 2.37. The molecular formula is C21H22O3. The molecule has 0 aliphatic carbocycles. The van der Waals surface area contributed by atoms with Crippen molar-refractivity contribution in [1.29, 1.82) is 0 Å². The largest absolute Gasteiger partial charge is 0.457 e. The minimum Gasteiger partial charge on any atom is -0.457 e. The maximum absolute atomic E-state index is 12.2. The predicted octanol–water partition coefficient (Wildman–Crippen LogP) is 5.06. The third kappa shape index (κ3) is 2.99. The summed E-state index contributed by atoms with van der Waals surface area (Å²) in [6, 6.07) is 11.2. The van der Waals surface area contributed by atoms with Gasteiger partial charge in [0.1, 0.15) is 11.5 Å². The standard InChI is InChI=1S/C21H22O3/c1-12(2)20(22)14-5-7-18-16(9-14)11-17-10-15(21(23)13(3)4)6-8-19(17)24-18/h5-10,12-13H,11H2,1-4H3. The number of hydrogen-bond acceptors (Lipinski definition) is 3. The first-order valence-electron chi connectivity index (χ1n) is 8.39. The number of carbonyl (C=O) groups is 2. The summed E-state index contributed by atoms with van der Waals surface area (Å²) in [4.78, 5) is 24.4. The predicted molar refractivity (Wildman–Crippen MR) is 94.1 cm³/mol. The molecule has 0 N–H and O–H groups in total. The van der Waals surface area contributed by atoms with Gasteiger partial charge in [0.25, 0.3) is 0 Å². The molecule has 0 bridgehead atoms. The van der Waals surface area contributed by atoms with Crippen LogP contribution in [0.4, 0.5) is 0 Å². The summed E-state index contributed by atoms with van der Waals surface area (Å²) in [7, 11) is 0. The summed E-state index contributed by atoms with van der Waals surface area (Å²) in [5.41, 5.74) is 3.40. The zero-order valence-electron chi connectivity index (χ0n) is 14.6. The summed E-state index contributed by atoms with van der Waals surface area (Å²) < 4.78 is 5.95. The quantitative estimate of drug-likeness (QED) is 0.631. The van der Waals surface area contributed by atoms with E-state index in [4.69, 9.17) is 4.74 Å². The van der Waals surface area contributed by atoms with Crippen molar-refractivity contribution in [2.24, 2.45) is 11.8 Å². The molecule has 3 rings (SSSR count). The van der Waals surface area contributed by atoms with Gasteiger partial charge in [-0.15, -0.1) is 0 Å². The zero-order chi connectivity index (χ0) is 17.4. The smallest absolute Gasteiger partial charge is 0.165 e. The maximum atomic E-state index is 12.2. The second-order valence-electron chi connectivity index (χ2n) is 6.96. The first-order chi connectivity index (χ1) is 11.4. The van der Waals surface area contributed by atoms with Crippen molar-refractivity contribution in [2.45, 2.75) is 34.1 Å². The van der Waals surface area contributed by atoms with E-state index in [-0.39, 0.29) is 23.4 Å². The van der Waals surface area contributed by atoms with Crippen molar-refractivity contribution in [3.8, 4) is 11.5 Å². The topological polar surface area (TPSA) is 43.4 Å². The van der Waals surface area contributed by atoms with E-state index in [1.165, 1.54) is 0 Å². The van der Waals surface area contributed by atoms with Crippen LogP contribution in [0.2, 0.25) is 0 Å². The number of carbonyl (C=O) groups excluding carboxylic acids is 2. The molecule has 0 spiro atoms.